The number of hydrogen-bond acceptors (Lipinski definition) is 6. The molecule has 0 saturated heterocycles. The summed E-state index contributed by atoms with van der Waals surface area (Å²) in [6.45, 7) is 2.03. The lowest BCUT2D eigenvalue weighted by molar-refractivity contribution is -0.144. The molecular weight excluding hydrogens is 136 g/mol. The van der Waals surface area contributed by atoms with E-state index in [0.29, 0.717) is 6.61 Å². The molecule has 0 aromatic heterocycles. The summed E-state index contributed by atoms with van der Waals surface area (Å²) >= 11 is 0. The topological polar surface area (TPSA) is 75.7 Å². The van der Waals surface area contributed by atoms with Crippen LogP contribution in [0, 0.1) is 0 Å². The normalized spacial score (nSPS) is 16.1. The van der Waals surface area contributed by atoms with Crippen LogP contribution in [0.4, 0.5) is 0 Å². The molecular formula is C4H6N4O2. The molecule has 0 amide bonds. The summed E-state index contributed by atoms with van der Waals surface area (Å²) in [7, 11) is 0. The first kappa shape index (κ1) is 6.79. The van der Waals surface area contributed by atoms with Gasteiger partial charge in [-0.1, -0.05) is 0 Å². The molecule has 0 unspecified atom stereocenters. The van der Waals surface area contributed by atoms with Gasteiger partial charge in [-0.15, -0.1) is 10.2 Å². The van der Waals surface area contributed by atoms with Crippen molar-refractivity contribution < 1.29 is 9.53 Å². The molecule has 1 heterocycles. The van der Waals surface area contributed by atoms with Crippen LogP contribution in [0.2, 0.25) is 0 Å². The Labute approximate surface area is 57.0 Å². The predicted molar refractivity (Wildman–Crippen MR) is 30.1 cm³/mol. The van der Waals surface area contributed by atoms with Gasteiger partial charge in [-0.25, -0.2) is 4.79 Å². The minimum atomic E-state index is -0.861. The van der Waals surface area contributed by atoms with Gasteiger partial charge in [-0.3, -0.25) is 0 Å². The first-order valence-corrected chi connectivity index (χ1v) is 2.81. The molecule has 1 aliphatic heterocycles. The third kappa shape index (κ3) is 1.34. The molecule has 10 heavy (non-hydrogen) atoms. The van der Waals surface area contributed by atoms with Gasteiger partial charge in [0.15, 0.2) is 0 Å². The van der Waals surface area contributed by atoms with Gasteiger partial charge in [0.2, 0.25) is 0 Å². The van der Waals surface area contributed by atoms with E-state index in [2.05, 4.69) is 25.4 Å². The van der Waals surface area contributed by atoms with Gasteiger partial charge in [0.1, 0.15) is 0 Å². The van der Waals surface area contributed by atoms with E-state index >= 15 is 0 Å². The van der Waals surface area contributed by atoms with Gasteiger partial charge >= 0.3 is 5.97 Å². The van der Waals surface area contributed by atoms with Gasteiger partial charge in [0.05, 0.1) is 6.61 Å². The monoisotopic (exact) mass is 142 g/mol. The van der Waals surface area contributed by atoms with E-state index in [-0.39, 0.29) is 0 Å². The maximum absolute atomic E-state index is 10.7. The smallest absolute Gasteiger partial charge is 0.357 e. The van der Waals surface area contributed by atoms with Crippen molar-refractivity contribution in [2.75, 3.05) is 6.61 Å². The van der Waals surface area contributed by atoms with Crippen LogP contribution in [0.15, 0.2) is 20.7 Å². The Bertz CT molecular complexity index is 176. The Kier molecular flexibility index (Phi) is 2.03. The Morgan fingerprint density at radius 2 is 2.10 bits per heavy atom. The number of hydrogen-bond donors (Lipinski definition) is 0. The molecule has 1 aliphatic rings. The fourth-order valence-electron chi connectivity index (χ4n) is 0.478. The number of carbonyl (C=O) groups excluding carboxylic acids is 1. The fourth-order valence-corrected chi connectivity index (χ4v) is 0.478. The van der Waals surface area contributed by atoms with Crippen molar-refractivity contribution in [1.29, 1.82) is 0 Å². The van der Waals surface area contributed by atoms with E-state index in [4.69, 9.17) is 0 Å². The van der Waals surface area contributed by atoms with Crippen LogP contribution in [-0.4, -0.2) is 18.7 Å². The molecule has 0 aliphatic carbocycles. The largest absolute Gasteiger partial charge is 0.463 e. The predicted octanol–water partition coefficient (Wildman–Crippen LogP) is 0.709. The standard InChI is InChI=1S/C4H6N4O2/c1-2-10-4(9)3-5-7-8-6-3/h3H,2H2,1H3. The molecule has 0 aromatic rings. The summed E-state index contributed by atoms with van der Waals surface area (Å²) in [5, 5.41) is 13.0. The zero-order chi connectivity index (χ0) is 7.40. The molecule has 0 atom stereocenters. The fraction of sp³-hybridized carbons (Fsp3) is 0.750. The van der Waals surface area contributed by atoms with Gasteiger partial charge in [-0.05, 0) is 17.4 Å². The van der Waals surface area contributed by atoms with Gasteiger partial charge in [-0.2, -0.15) is 0 Å². The van der Waals surface area contributed by atoms with Crippen LogP contribution in [0.5, 0.6) is 0 Å². The molecule has 1 rings (SSSR count). The molecule has 0 N–H and O–H groups in total. The lowest BCUT2D eigenvalue weighted by Gasteiger charge is -1.98. The summed E-state index contributed by atoms with van der Waals surface area (Å²) in [6, 6.07) is 0. The van der Waals surface area contributed by atoms with E-state index in [1.807, 2.05) is 0 Å². The zero-order valence-electron chi connectivity index (χ0n) is 5.39. The molecule has 0 radical (unpaired) electrons. The molecule has 0 bridgehead atoms. The second-order valence-corrected chi connectivity index (χ2v) is 1.54. The summed E-state index contributed by atoms with van der Waals surface area (Å²) in [5.41, 5.74) is 0. The maximum Gasteiger partial charge on any atom is 0.357 e. The highest BCUT2D eigenvalue weighted by Crippen LogP contribution is 2.05. The third-order valence-electron chi connectivity index (χ3n) is 0.859. The first-order valence-electron chi connectivity index (χ1n) is 2.81. The molecule has 0 saturated carbocycles. The van der Waals surface area contributed by atoms with Crippen LogP contribution in [0.25, 0.3) is 0 Å². The Morgan fingerprint density at radius 1 is 1.50 bits per heavy atom. The quantitative estimate of drug-likeness (QED) is 0.532. The molecule has 6 nitrogen and oxygen atoms in total. The SMILES string of the molecule is CCOC(=O)C1N=NN=N1. The van der Waals surface area contributed by atoms with E-state index in [1.165, 1.54) is 0 Å². The number of carbonyl (C=O) groups is 1. The highest BCUT2D eigenvalue weighted by molar-refractivity contribution is 5.75. The summed E-state index contributed by atoms with van der Waals surface area (Å²) in [6.07, 6.45) is -0.861. The van der Waals surface area contributed by atoms with Crippen LogP contribution in [0.3, 0.4) is 0 Å². The van der Waals surface area contributed by atoms with Crippen molar-refractivity contribution in [3.63, 3.8) is 0 Å². The third-order valence-corrected chi connectivity index (χ3v) is 0.859. The number of ether oxygens (including phenoxy) is 1. The van der Waals surface area contributed by atoms with Crippen molar-refractivity contribution in [1.82, 2.24) is 0 Å². The van der Waals surface area contributed by atoms with Crippen LogP contribution >= 0.6 is 0 Å². The van der Waals surface area contributed by atoms with Crippen molar-refractivity contribution >= 4 is 5.97 Å². The van der Waals surface area contributed by atoms with Gasteiger partial charge < -0.3 is 4.74 Å². The maximum atomic E-state index is 10.7. The van der Waals surface area contributed by atoms with E-state index in [9.17, 15) is 4.79 Å². The highest BCUT2D eigenvalue weighted by Gasteiger charge is 2.20. The van der Waals surface area contributed by atoms with E-state index in [0.717, 1.165) is 0 Å². The number of rotatable bonds is 2. The van der Waals surface area contributed by atoms with Crippen LogP contribution in [-0.2, 0) is 9.53 Å². The van der Waals surface area contributed by atoms with Crippen LogP contribution < -0.4 is 0 Å². The summed E-state index contributed by atoms with van der Waals surface area (Å²) in [4.78, 5) is 10.7. The lowest BCUT2D eigenvalue weighted by atomic mass is 10.5. The Balaban J connectivity index is 2.42. The highest BCUT2D eigenvalue weighted by atomic mass is 16.5. The second kappa shape index (κ2) is 3.00. The summed E-state index contributed by atoms with van der Waals surface area (Å²) in [5.74, 6) is -0.507. The Hall–Kier alpha value is -1.33. The van der Waals surface area contributed by atoms with E-state index in [1.54, 1.807) is 6.92 Å². The molecule has 0 fully saturated rings. The molecule has 0 aromatic carbocycles. The zero-order valence-corrected chi connectivity index (χ0v) is 5.39. The van der Waals surface area contributed by atoms with Crippen molar-refractivity contribution in [3.8, 4) is 0 Å². The van der Waals surface area contributed by atoms with Crippen molar-refractivity contribution in [2.45, 2.75) is 13.1 Å². The molecule has 6 heteroatoms. The number of nitrogens with zero attached hydrogens (tertiary/aromatic N) is 4. The molecule has 54 valence electrons. The first-order chi connectivity index (χ1) is 4.84. The van der Waals surface area contributed by atoms with Gasteiger partial charge in [0.25, 0.3) is 6.17 Å². The number of esters is 1. The van der Waals surface area contributed by atoms with Gasteiger partial charge in [0, 0.05) is 0 Å². The minimum Gasteiger partial charge on any atom is -0.463 e. The van der Waals surface area contributed by atoms with E-state index < -0.39 is 12.1 Å². The lowest BCUT2D eigenvalue weighted by Crippen LogP contribution is -2.17. The van der Waals surface area contributed by atoms with Crippen molar-refractivity contribution in [2.24, 2.45) is 20.7 Å². The summed E-state index contributed by atoms with van der Waals surface area (Å²) < 4.78 is 4.58. The van der Waals surface area contributed by atoms with Crippen molar-refractivity contribution in [3.05, 3.63) is 0 Å². The average Bonchev–Trinajstić information content (AvgIpc) is 2.38. The molecule has 0 spiro atoms. The Morgan fingerprint density at radius 3 is 2.60 bits per heavy atom. The minimum absolute atomic E-state index is 0.320. The second-order valence-electron chi connectivity index (χ2n) is 1.54. The van der Waals surface area contributed by atoms with Crippen LogP contribution in [0.1, 0.15) is 6.92 Å². The average molecular weight is 142 g/mol.